The molecule has 2 rings (SSSR count). The molecule has 2 aromatic rings. The van der Waals surface area contributed by atoms with Crippen LogP contribution >= 0.6 is 27.5 Å². The van der Waals surface area contributed by atoms with Crippen molar-refractivity contribution in [2.75, 3.05) is 10.5 Å². The lowest BCUT2D eigenvalue weighted by atomic mass is 10.2. The molecule has 0 saturated carbocycles. The number of hydrogen-bond donors (Lipinski definition) is 1. The second kappa shape index (κ2) is 6.81. The maximum atomic E-state index is 12.1. The second-order valence-corrected chi connectivity index (χ2v) is 7.84. The van der Waals surface area contributed by atoms with Gasteiger partial charge in [0.25, 0.3) is 0 Å². The average Bonchev–Trinajstić information content (AvgIpc) is 2.44. The fourth-order valence-corrected chi connectivity index (χ4v) is 3.80. The van der Waals surface area contributed by atoms with E-state index in [1.54, 1.807) is 12.1 Å². The van der Waals surface area contributed by atoms with Gasteiger partial charge in [-0.1, -0.05) is 41.9 Å². The standard InChI is InChI=1S/C15H15BrClNO2S/c1-11-9-13(16)15(10-14(11)17)18-21(19,20)8-7-12-5-3-2-4-6-12/h2-6,9-10,18H,7-8H2,1H3. The van der Waals surface area contributed by atoms with Crippen LogP contribution in [0.1, 0.15) is 11.1 Å². The van der Waals surface area contributed by atoms with Gasteiger partial charge in [0.15, 0.2) is 0 Å². The lowest BCUT2D eigenvalue weighted by Gasteiger charge is -2.11. The fourth-order valence-electron chi connectivity index (χ4n) is 1.84. The first-order chi connectivity index (χ1) is 9.87. The summed E-state index contributed by atoms with van der Waals surface area (Å²) in [6, 6.07) is 12.9. The van der Waals surface area contributed by atoms with Crippen molar-refractivity contribution < 1.29 is 8.42 Å². The Morgan fingerprint density at radius 1 is 1.19 bits per heavy atom. The van der Waals surface area contributed by atoms with Crippen molar-refractivity contribution in [3.05, 3.63) is 63.1 Å². The molecule has 0 atom stereocenters. The summed E-state index contributed by atoms with van der Waals surface area (Å²) in [6.45, 7) is 1.86. The molecule has 21 heavy (non-hydrogen) atoms. The molecule has 0 bridgehead atoms. The minimum absolute atomic E-state index is 0.0228. The Morgan fingerprint density at radius 3 is 2.52 bits per heavy atom. The van der Waals surface area contributed by atoms with Crippen molar-refractivity contribution >= 4 is 43.2 Å². The predicted molar refractivity (Wildman–Crippen MR) is 91.4 cm³/mol. The lowest BCUT2D eigenvalue weighted by molar-refractivity contribution is 0.600. The SMILES string of the molecule is Cc1cc(Br)c(NS(=O)(=O)CCc2ccccc2)cc1Cl. The Balaban J connectivity index is 2.09. The average molecular weight is 389 g/mol. The van der Waals surface area contributed by atoms with E-state index < -0.39 is 10.0 Å². The molecule has 0 spiro atoms. The third-order valence-electron chi connectivity index (χ3n) is 3.02. The van der Waals surface area contributed by atoms with Gasteiger partial charge in [-0.15, -0.1) is 0 Å². The van der Waals surface area contributed by atoms with E-state index in [-0.39, 0.29) is 5.75 Å². The zero-order chi connectivity index (χ0) is 15.5. The number of anilines is 1. The molecule has 0 unspecified atom stereocenters. The van der Waals surface area contributed by atoms with Crippen molar-refractivity contribution in [2.24, 2.45) is 0 Å². The minimum Gasteiger partial charge on any atom is -0.282 e. The summed E-state index contributed by atoms with van der Waals surface area (Å²) in [4.78, 5) is 0. The Morgan fingerprint density at radius 2 is 1.86 bits per heavy atom. The smallest absolute Gasteiger partial charge is 0.233 e. The molecule has 0 aliphatic rings. The highest BCUT2D eigenvalue weighted by Crippen LogP contribution is 2.29. The van der Waals surface area contributed by atoms with Gasteiger partial charge in [0.1, 0.15) is 0 Å². The van der Waals surface area contributed by atoms with Gasteiger partial charge < -0.3 is 0 Å². The van der Waals surface area contributed by atoms with Crippen LogP contribution in [0.25, 0.3) is 0 Å². The first-order valence-electron chi connectivity index (χ1n) is 6.37. The number of hydrogen-bond acceptors (Lipinski definition) is 2. The second-order valence-electron chi connectivity index (χ2n) is 4.74. The summed E-state index contributed by atoms with van der Waals surface area (Å²) in [6.07, 6.45) is 0.466. The van der Waals surface area contributed by atoms with Gasteiger partial charge in [-0.25, -0.2) is 8.42 Å². The zero-order valence-electron chi connectivity index (χ0n) is 11.4. The van der Waals surface area contributed by atoms with Crippen LogP contribution in [-0.4, -0.2) is 14.2 Å². The molecule has 0 fully saturated rings. The van der Waals surface area contributed by atoms with Crippen LogP contribution in [-0.2, 0) is 16.4 Å². The minimum atomic E-state index is -3.42. The highest BCUT2D eigenvalue weighted by Gasteiger charge is 2.13. The van der Waals surface area contributed by atoms with Crippen molar-refractivity contribution in [1.82, 2.24) is 0 Å². The van der Waals surface area contributed by atoms with E-state index >= 15 is 0 Å². The molecule has 0 heterocycles. The van der Waals surface area contributed by atoms with Crippen LogP contribution in [0.5, 0.6) is 0 Å². The Kier molecular flexibility index (Phi) is 5.30. The van der Waals surface area contributed by atoms with E-state index in [9.17, 15) is 8.42 Å². The number of rotatable bonds is 5. The fraction of sp³-hybridized carbons (Fsp3) is 0.200. The largest absolute Gasteiger partial charge is 0.282 e. The van der Waals surface area contributed by atoms with Gasteiger partial charge in [-0.2, -0.15) is 0 Å². The molecule has 6 heteroatoms. The molecule has 0 aromatic heterocycles. The number of sulfonamides is 1. The first kappa shape index (κ1) is 16.3. The molecular weight excluding hydrogens is 374 g/mol. The molecule has 2 aromatic carbocycles. The predicted octanol–water partition coefficient (Wildman–Crippen LogP) is 4.40. The van der Waals surface area contributed by atoms with Crippen LogP contribution in [0.15, 0.2) is 46.9 Å². The van der Waals surface area contributed by atoms with Crippen LogP contribution < -0.4 is 4.72 Å². The topological polar surface area (TPSA) is 46.2 Å². The quantitative estimate of drug-likeness (QED) is 0.825. The molecule has 0 amide bonds. The molecule has 0 radical (unpaired) electrons. The summed E-state index contributed by atoms with van der Waals surface area (Å²) in [5.41, 5.74) is 2.33. The summed E-state index contributed by atoms with van der Waals surface area (Å²) in [5.74, 6) is 0.0228. The molecule has 112 valence electrons. The van der Waals surface area contributed by atoms with Crippen molar-refractivity contribution in [3.63, 3.8) is 0 Å². The highest BCUT2D eigenvalue weighted by molar-refractivity contribution is 9.10. The summed E-state index contributed by atoms with van der Waals surface area (Å²) in [7, 11) is -3.42. The zero-order valence-corrected chi connectivity index (χ0v) is 14.6. The molecule has 3 nitrogen and oxygen atoms in total. The third kappa shape index (κ3) is 4.73. The lowest BCUT2D eigenvalue weighted by Crippen LogP contribution is -2.18. The number of benzene rings is 2. The van der Waals surface area contributed by atoms with E-state index in [0.717, 1.165) is 11.1 Å². The Hall–Kier alpha value is -1.04. The monoisotopic (exact) mass is 387 g/mol. The summed E-state index contributed by atoms with van der Waals surface area (Å²) >= 11 is 9.38. The maximum Gasteiger partial charge on any atom is 0.233 e. The normalized spacial score (nSPS) is 11.4. The van der Waals surface area contributed by atoms with E-state index in [1.807, 2.05) is 37.3 Å². The van der Waals surface area contributed by atoms with Crippen molar-refractivity contribution in [1.29, 1.82) is 0 Å². The van der Waals surface area contributed by atoms with Crippen molar-refractivity contribution in [3.8, 4) is 0 Å². The molecule has 0 aliphatic carbocycles. The van der Waals surface area contributed by atoms with Gasteiger partial charge in [0, 0.05) is 9.50 Å². The van der Waals surface area contributed by atoms with Gasteiger partial charge in [0.2, 0.25) is 10.0 Å². The Bertz CT molecular complexity index is 733. The van der Waals surface area contributed by atoms with Crippen LogP contribution in [0.2, 0.25) is 5.02 Å². The first-order valence-corrected chi connectivity index (χ1v) is 9.20. The summed E-state index contributed by atoms with van der Waals surface area (Å²) < 4.78 is 27.5. The van der Waals surface area contributed by atoms with Gasteiger partial charge in [0.05, 0.1) is 11.4 Å². The third-order valence-corrected chi connectivity index (χ3v) is 5.35. The number of halogens is 2. The van der Waals surface area contributed by atoms with Crippen LogP contribution in [0, 0.1) is 6.92 Å². The Labute approximate surface area is 138 Å². The van der Waals surface area contributed by atoms with Gasteiger partial charge >= 0.3 is 0 Å². The summed E-state index contributed by atoms with van der Waals surface area (Å²) in [5, 5.41) is 0.527. The van der Waals surface area contributed by atoms with E-state index in [2.05, 4.69) is 20.7 Å². The van der Waals surface area contributed by atoms with Crippen LogP contribution in [0.3, 0.4) is 0 Å². The number of nitrogens with one attached hydrogen (secondary N) is 1. The molecule has 1 N–H and O–H groups in total. The number of aryl methyl sites for hydroxylation is 2. The molecule has 0 saturated heterocycles. The maximum absolute atomic E-state index is 12.1. The van der Waals surface area contributed by atoms with Crippen LogP contribution in [0.4, 0.5) is 5.69 Å². The highest BCUT2D eigenvalue weighted by atomic mass is 79.9. The molecular formula is C15H15BrClNO2S. The van der Waals surface area contributed by atoms with Crippen molar-refractivity contribution in [2.45, 2.75) is 13.3 Å². The molecule has 0 aliphatic heterocycles. The van der Waals surface area contributed by atoms with E-state index in [0.29, 0.717) is 21.6 Å². The van der Waals surface area contributed by atoms with E-state index in [4.69, 9.17) is 11.6 Å². The van der Waals surface area contributed by atoms with Gasteiger partial charge in [-0.3, -0.25) is 4.72 Å². The van der Waals surface area contributed by atoms with E-state index in [1.165, 1.54) is 0 Å². The van der Waals surface area contributed by atoms with Gasteiger partial charge in [-0.05, 0) is 52.5 Å².